The van der Waals surface area contributed by atoms with Crippen LogP contribution in [0.3, 0.4) is 0 Å². The molecule has 0 aliphatic rings. The van der Waals surface area contributed by atoms with E-state index in [4.69, 9.17) is 10.5 Å². The molecule has 1 aromatic heterocycles. The van der Waals surface area contributed by atoms with Gasteiger partial charge < -0.3 is 10.5 Å². The molecule has 6 heteroatoms. The first-order valence-electron chi connectivity index (χ1n) is 4.31. The number of aryl methyl sites for hydroxylation is 1. The second kappa shape index (κ2) is 3.23. The highest BCUT2D eigenvalue weighted by Crippen LogP contribution is 2.26. The fourth-order valence-electron chi connectivity index (χ4n) is 1.48. The van der Waals surface area contributed by atoms with Gasteiger partial charge in [-0.05, 0) is 12.1 Å². The molecule has 15 heavy (non-hydrogen) atoms. The molecule has 0 spiro atoms. The molecule has 0 fully saturated rings. The van der Waals surface area contributed by atoms with Crippen molar-refractivity contribution in [2.75, 3.05) is 7.11 Å². The van der Waals surface area contributed by atoms with Crippen molar-refractivity contribution in [3.05, 3.63) is 17.7 Å². The number of primary amides is 1. The van der Waals surface area contributed by atoms with E-state index in [2.05, 4.69) is 10.3 Å². The molecule has 0 atom stereocenters. The molecule has 0 aliphatic carbocycles. The first-order chi connectivity index (χ1) is 7.15. The van der Waals surface area contributed by atoms with Gasteiger partial charge in [0.25, 0.3) is 5.91 Å². The van der Waals surface area contributed by atoms with Gasteiger partial charge in [0, 0.05) is 7.05 Å². The number of benzene rings is 1. The lowest BCUT2D eigenvalue weighted by Gasteiger charge is -2.05. The molecular weight excluding hydrogens is 196 g/mol. The number of amides is 1. The molecule has 0 saturated carbocycles. The summed E-state index contributed by atoms with van der Waals surface area (Å²) < 4.78 is 6.72. The number of hydrogen-bond acceptors (Lipinski definition) is 4. The zero-order chi connectivity index (χ0) is 11.0. The van der Waals surface area contributed by atoms with Crippen LogP contribution in [0.2, 0.25) is 0 Å². The van der Waals surface area contributed by atoms with Gasteiger partial charge in [0.15, 0.2) is 11.3 Å². The minimum atomic E-state index is -0.542. The topological polar surface area (TPSA) is 83.0 Å². The molecule has 2 rings (SSSR count). The third-order valence-electron chi connectivity index (χ3n) is 2.21. The summed E-state index contributed by atoms with van der Waals surface area (Å²) in [7, 11) is 3.23. The number of carbonyl (C=O) groups is 1. The monoisotopic (exact) mass is 206 g/mol. The van der Waals surface area contributed by atoms with E-state index in [0.717, 1.165) is 5.52 Å². The molecule has 0 bridgehead atoms. The smallest absolute Gasteiger partial charge is 0.252 e. The lowest BCUT2D eigenvalue weighted by atomic mass is 10.1. The summed E-state index contributed by atoms with van der Waals surface area (Å²) in [6.07, 6.45) is 0. The van der Waals surface area contributed by atoms with Crippen LogP contribution in [0.4, 0.5) is 0 Å². The number of methoxy groups -OCH3 is 1. The summed E-state index contributed by atoms with van der Waals surface area (Å²) in [5, 5.41) is 7.75. The van der Waals surface area contributed by atoms with E-state index in [0.29, 0.717) is 16.8 Å². The van der Waals surface area contributed by atoms with Crippen LogP contribution in [-0.4, -0.2) is 28.0 Å². The highest BCUT2D eigenvalue weighted by molar-refractivity contribution is 6.01. The highest BCUT2D eigenvalue weighted by Gasteiger charge is 2.15. The number of nitrogens with two attached hydrogens (primary N) is 1. The van der Waals surface area contributed by atoms with Crippen molar-refractivity contribution in [2.24, 2.45) is 12.8 Å². The Hall–Kier alpha value is -2.11. The van der Waals surface area contributed by atoms with E-state index in [1.165, 1.54) is 7.11 Å². The van der Waals surface area contributed by atoms with E-state index in [9.17, 15) is 4.79 Å². The molecule has 6 nitrogen and oxygen atoms in total. The number of rotatable bonds is 2. The number of fused-ring (bicyclic) bond motifs is 1. The Labute approximate surface area is 85.6 Å². The molecule has 0 aliphatic heterocycles. The number of nitrogens with zero attached hydrogens (tertiary/aromatic N) is 3. The van der Waals surface area contributed by atoms with Gasteiger partial charge >= 0.3 is 0 Å². The Morgan fingerprint density at radius 1 is 1.53 bits per heavy atom. The van der Waals surface area contributed by atoms with Crippen molar-refractivity contribution in [1.82, 2.24) is 15.0 Å². The van der Waals surface area contributed by atoms with Gasteiger partial charge in [-0.1, -0.05) is 5.21 Å². The van der Waals surface area contributed by atoms with Crippen molar-refractivity contribution in [2.45, 2.75) is 0 Å². The second-order valence-electron chi connectivity index (χ2n) is 3.09. The predicted octanol–water partition coefficient (Wildman–Crippen LogP) is 0.0758. The quantitative estimate of drug-likeness (QED) is 0.754. The van der Waals surface area contributed by atoms with E-state index < -0.39 is 5.91 Å². The Morgan fingerprint density at radius 2 is 2.27 bits per heavy atom. The zero-order valence-electron chi connectivity index (χ0n) is 8.39. The van der Waals surface area contributed by atoms with Crippen LogP contribution < -0.4 is 10.5 Å². The minimum absolute atomic E-state index is 0.311. The third kappa shape index (κ3) is 1.30. The molecule has 0 radical (unpaired) electrons. The van der Waals surface area contributed by atoms with E-state index in [-0.39, 0.29) is 0 Å². The Balaban J connectivity index is 2.82. The lowest BCUT2D eigenvalue weighted by Crippen LogP contribution is -2.12. The van der Waals surface area contributed by atoms with Gasteiger partial charge in [0.2, 0.25) is 0 Å². The van der Waals surface area contributed by atoms with Gasteiger partial charge in [0.05, 0.1) is 18.2 Å². The Bertz CT molecular complexity index is 532. The van der Waals surface area contributed by atoms with Gasteiger partial charge in [-0.2, -0.15) is 0 Å². The summed E-state index contributed by atoms with van der Waals surface area (Å²) in [6.45, 7) is 0. The van der Waals surface area contributed by atoms with Crippen molar-refractivity contribution >= 4 is 16.9 Å². The van der Waals surface area contributed by atoms with Crippen molar-refractivity contribution in [1.29, 1.82) is 0 Å². The van der Waals surface area contributed by atoms with Crippen LogP contribution in [0.5, 0.6) is 5.75 Å². The number of ether oxygens (including phenoxy) is 1. The summed E-state index contributed by atoms with van der Waals surface area (Å²) >= 11 is 0. The maximum Gasteiger partial charge on any atom is 0.252 e. The van der Waals surface area contributed by atoms with Crippen LogP contribution in [0.15, 0.2) is 12.1 Å². The summed E-state index contributed by atoms with van der Waals surface area (Å²) in [5.41, 5.74) is 6.85. The Morgan fingerprint density at radius 3 is 2.87 bits per heavy atom. The van der Waals surface area contributed by atoms with E-state index in [1.807, 2.05) is 0 Å². The van der Waals surface area contributed by atoms with Crippen LogP contribution >= 0.6 is 0 Å². The van der Waals surface area contributed by atoms with Crippen molar-refractivity contribution in [3.8, 4) is 5.75 Å². The molecule has 2 aromatic rings. The molecular formula is C9H10N4O2. The number of carbonyl (C=O) groups excluding carboxylic acids is 1. The lowest BCUT2D eigenvalue weighted by molar-refractivity contribution is 0.0997. The highest BCUT2D eigenvalue weighted by atomic mass is 16.5. The number of hydrogen-bond donors (Lipinski definition) is 1. The maximum atomic E-state index is 11.1. The zero-order valence-corrected chi connectivity index (χ0v) is 8.39. The van der Waals surface area contributed by atoms with Crippen LogP contribution in [0, 0.1) is 0 Å². The molecule has 1 aromatic carbocycles. The average molecular weight is 206 g/mol. The van der Waals surface area contributed by atoms with Gasteiger partial charge in [-0.15, -0.1) is 5.10 Å². The van der Waals surface area contributed by atoms with E-state index in [1.54, 1.807) is 23.9 Å². The first kappa shape index (κ1) is 9.45. The fraction of sp³-hybridized carbons (Fsp3) is 0.222. The standard InChI is InChI=1S/C9H10N4O2/c1-13-6-4-3-5(9(10)14)8(15-2)7(6)11-12-13/h3-4H,1-2H3,(H2,10,14). The first-order valence-corrected chi connectivity index (χ1v) is 4.31. The normalized spacial score (nSPS) is 10.5. The fourth-order valence-corrected chi connectivity index (χ4v) is 1.48. The molecule has 1 heterocycles. The van der Waals surface area contributed by atoms with Gasteiger partial charge in [-0.3, -0.25) is 4.79 Å². The van der Waals surface area contributed by atoms with Crippen LogP contribution in [0.25, 0.3) is 11.0 Å². The molecule has 1 amide bonds. The van der Waals surface area contributed by atoms with Gasteiger partial charge in [-0.25, -0.2) is 4.68 Å². The molecule has 2 N–H and O–H groups in total. The largest absolute Gasteiger partial charge is 0.493 e. The van der Waals surface area contributed by atoms with Crippen molar-refractivity contribution in [3.63, 3.8) is 0 Å². The summed E-state index contributed by atoms with van der Waals surface area (Å²) in [6, 6.07) is 3.34. The number of aromatic nitrogens is 3. The Kier molecular flexibility index (Phi) is 2.03. The van der Waals surface area contributed by atoms with Crippen LogP contribution in [-0.2, 0) is 7.05 Å². The van der Waals surface area contributed by atoms with E-state index >= 15 is 0 Å². The van der Waals surface area contributed by atoms with Crippen molar-refractivity contribution < 1.29 is 9.53 Å². The second-order valence-corrected chi connectivity index (χ2v) is 3.09. The molecule has 0 unspecified atom stereocenters. The average Bonchev–Trinajstić information content (AvgIpc) is 2.59. The third-order valence-corrected chi connectivity index (χ3v) is 2.21. The molecule has 0 saturated heterocycles. The SMILES string of the molecule is COc1c(C(N)=O)ccc2c1nnn2C. The molecule has 78 valence electrons. The van der Waals surface area contributed by atoms with Gasteiger partial charge in [0.1, 0.15) is 0 Å². The maximum absolute atomic E-state index is 11.1. The minimum Gasteiger partial charge on any atom is -0.493 e. The summed E-state index contributed by atoms with van der Waals surface area (Å²) in [4.78, 5) is 11.1. The predicted molar refractivity (Wildman–Crippen MR) is 53.6 cm³/mol. The summed E-state index contributed by atoms with van der Waals surface area (Å²) in [5.74, 6) is -0.174. The van der Waals surface area contributed by atoms with Crippen LogP contribution in [0.1, 0.15) is 10.4 Å².